The molecule has 7 nitrogen and oxygen atoms in total. The number of carbonyl (C=O) groups excluding carboxylic acids is 1. The SMILES string of the molecule is C=CCOc1ccccc1CNC(=NC)NCCNC(=O)OC(C)(C)C. The predicted molar refractivity (Wildman–Crippen MR) is 105 cm³/mol. The van der Waals surface area contributed by atoms with E-state index in [4.69, 9.17) is 9.47 Å². The first-order chi connectivity index (χ1) is 12.4. The van der Waals surface area contributed by atoms with E-state index < -0.39 is 11.7 Å². The lowest BCUT2D eigenvalue weighted by molar-refractivity contribution is 0.0529. The molecule has 0 saturated heterocycles. The molecule has 26 heavy (non-hydrogen) atoms. The Morgan fingerprint density at radius 3 is 2.54 bits per heavy atom. The molecule has 0 spiro atoms. The minimum absolute atomic E-state index is 0.425. The summed E-state index contributed by atoms with van der Waals surface area (Å²) in [7, 11) is 1.69. The highest BCUT2D eigenvalue weighted by atomic mass is 16.6. The minimum atomic E-state index is -0.504. The lowest BCUT2D eigenvalue weighted by atomic mass is 10.2. The summed E-state index contributed by atoms with van der Waals surface area (Å²) in [5.74, 6) is 1.44. The van der Waals surface area contributed by atoms with Crippen molar-refractivity contribution in [1.82, 2.24) is 16.0 Å². The number of nitrogens with zero attached hydrogens (tertiary/aromatic N) is 1. The van der Waals surface area contributed by atoms with Crippen LogP contribution in [0.4, 0.5) is 4.79 Å². The summed E-state index contributed by atoms with van der Waals surface area (Å²) in [5, 5.41) is 9.04. The molecule has 0 atom stereocenters. The van der Waals surface area contributed by atoms with E-state index >= 15 is 0 Å². The van der Waals surface area contributed by atoms with Crippen molar-refractivity contribution in [3.05, 3.63) is 42.5 Å². The Morgan fingerprint density at radius 2 is 1.88 bits per heavy atom. The summed E-state index contributed by atoms with van der Waals surface area (Å²) < 4.78 is 10.8. The van der Waals surface area contributed by atoms with Crippen LogP contribution in [0.5, 0.6) is 5.75 Å². The second kappa shape index (κ2) is 11.0. The number of ether oxygens (including phenoxy) is 2. The van der Waals surface area contributed by atoms with Crippen LogP contribution in [-0.4, -0.2) is 44.4 Å². The Hall–Kier alpha value is -2.70. The Labute approximate surface area is 155 Å². The molecule has 0 aliphatic rings. The van der Waals surface area contributed by atoms with Crippen molar-refractivity contribution in [3.8, 4) is 5.75 Å². The number of aliphatic imine (C=N–C) groups is 1. The number of para-hydroxylation sites is 1. The molecule has 144 valence electrons. The molecule has 0 heterocycles. The molecule has 7 heteroatoms. The van der Waals surface area contributed by atoms with Crippen molar-refractivity contribution < 1.29 is 14.3 Å². The normalized spacial score (nSPS) is 11.5. The van der Waals surface area contributed by atoms with Crippen LogP contribution in [0.15, 0.2) is 41.9 Å². The van der Waals surface area contributed by atoms with Gasteiger partial charge in [0.25, 0.3) is 0 Å². The predicted octanol–water partition coefficient (Wildman–Crippen LogP) is 2.44. The fourth-order valence-electron chi connectivity index (χ4n) is 2.00. The van der Waals surface area contributed by atoms with Gasteiger partial charge in [-0.3, -0.25) is 4.99 Å². The fourth-order valence-corrected chi connectivity index (χ4v) is 2.00. The Morgan fingerprint density at radius 1 is 1.19 bits per heavy atom. The van der Waals surface area contributed by atoms with Crippen molar-refractivity contribution >= 4 is 12.1 Å². The molecular formula is C19H30N4O3. The average Bonchev–Trinajstić information content (AvgIpc) is 2.58. The van der Waals surface area contributed by atoms with Gasteiger partial charge in [-0.05, 0) is 26.8 Å². The topological polar surface area (TPSA) is 84.0 Å². The summed E-state index contributed by atoms with van der Waals surface area (Å²) in [5.41, 5.74) is 0.514. The Bertz CT molecular complexity index is 609. The zero-order valence-corrected chi connectivity index (χ0v) is 16.1. The third kappa shape index (κ3) is 8.96. The number of carbonyl (C=O) groups is 1. The van der Waals surface area contributed by atoms with Crippen LogP contribution in [0.3, 0.4) is 0 Å². The van der Waals surface area contributed by atoms with Gasteiger partial charge in [-0.25, -0.2) is 4.79 Å². The number of hydrogen-bond donors (Lipinski definition) is 3. The smallest absolute Gasteiger partial charge is 0.407 e. The summed E-state index contributed by atoms with van der Waals surface area (Å²) in [6.07, 6.45) is 1.28. The summed E-state index contributed by atoms with van der Waals surface area (Å²) in [4.78, 5) is 15.7. The van der Waals surface area contributed by atoms with E-state index in [-0.39, 0.29) is 0 Å². The number of guanidine groups is 1. The average molecular weight is 362 g/mol. The van der Waals surface area contributed by atoms with Gasteiger partial charge < -0.3 is 25.4 Å². The van der Waals surface area contributed by atoms with Crippen molar-refractivity contribution in [2.75, 3.05) is 26.7 Å². The Kier molecular flexibility index (Phi) is 9.05. The van der Waals surface area contributed by atoms with Crippen LogP contribution in [0, 0.1) is 0 Å². The molecule has 0 aliphatic heterocycles. The van der Waals surface area contributed by atoms with Crippen LogP contribution in [0.2, 0.25) is 0 Å². The summed E-state index contributed by atoms with van der Waals surface area (Å²) in [6.45, 7) is 11.1. The zero-order chi connectivity index (χ0) is 19.4. The quantitative estimate of drug-likeness (QED) is 0.286. The maximum absolute atomic E-state index is 11.6. The van der Waals surface area contributed by atoms with E-state index in [9.17, 15) is 4.79 Å². The van der Waals surface area contributed by atoms with Gasteiger partial charge in [-0.1, -0.05) is 30.9 Å². The first-order valence-corrected chi connectivity index (χ1v) is 8.58. The van der Waals surface area contributed by atoms with Crippen molar-refractivity contribution in [1.29, 1.82) is 0 Å². The van der Waals surface area contributed by atoms with Crippen molar-refractivity contribution in [2.45, 2.75) is 32.9 Å². The fraction of sp³-hybridized carbons (Fsp3) is 0.474. The molecular weight excluding hydrogens is 332 g/mol. The van der Waals surface area contributed by atoms with E-state index in [1.165, 1.54) is 0 Å². The molecule has 1 rings (SSSR count). The van der Waals surface area contributed by atoms with Gasteiger partial charge in [0, 0.05) is 32.2 Å². The maximum Gasteiger partial charge on any atom is 0.407 e. The molecule has 0 bridgehead atoms. The van der Waals surface area contributed by atoms with E-state index in [1.807, 2.05) is 45.0 Å². The summed E-state index contributed by atoms with van der Waals surface area (Å²) in [6, 6.07) is 7.79. The highest BCUT2D eigenvalue weighted by Gasteiger charge is 2.15. The van der Waals surface area contributed by atoms with Crippen LogP contribution in [-0.2, 0) is 11.3 Å². The molecule has 1 aromatic carbocycles. The van der Waals surface area contributed by atoms with Gasteiger partial charge in [0.1, 0.15) is 18.0 Å². The van der Waals surface area contributed by atoms with Crippen LogP contribution in [0.1, 0.15) is 26.3 Å². The Balaban J connectivity index is 2.38. The van der Waals surface area contributed by atoms with Crippen molar-refractivity contribution in [3.63, 3.8) is 0 Å². The number of hydrogen-bond acceptors (Lipinski definition) is 4. The molecule has 3 N–H and O–H groups in total. The van der Waals surface area contributed by atoms with Crippen LogP contribution >= 0.6 is 0 Å². The lowest BCUT2D eigenvalue weighted by Gasteiger charge is -2.20. The number of nitrogens with one attached hydrogen (secondary N) is 3. The number of benzene rings is 1. The third-order valence-electron chi connectivity index (χ3n) is 3.08. The van der Waals surface area contributed by atoms with Crippen LogP contribution < -0.4 is 20.7 Å². The molecule has 1 amide bonds. The first-order valence-electron chi connectivity index (χ1n) is 8.58. The van der Waals surface area contributed by atoms with Gasteiger partial charge >= 0.3 is 6.09 Å². The maximum atomic E-state index is 11.6. The van der Waals surface area contributed by atoms with Crippen LogP contribution in [0.25, 0.3) is 0 Å². The van der Waals surface area contributed by atoms with Crippen molar-refractivity contribution in [2.24, 2.45) is 4.99 Å². The molecule has 0 radical (unpaired) electrons. The molecule has 0 unspecified atom stereocenters. The third-order valence-corrected chi connectivity index (χ3v) is 3.08. The standard InChI is InChI=1S/C19H30N4O3/c1-6-13-25-16-10-8-7-9-15(16)14-23-17(20-5)21-11-12-22-18(24)26-19(2,3)4/h6-10H,1,11-14H2,2-5H3,(H,22,24)(H2,20,21,23). The molecule has 0 aromatic heterocycles. The van der Waals surface area contributed by atoms with Gasteiger partial charge in [-0.15, -0.1) is 0 Å². The molecule has 1 aromatic rings. The highest BCUT2D eigenvalue weighted by molar-refractivity contribution is 5.79. The van der Waals surface area contributed by atoms with Gasteiger partial charge in [-0.2, -0.15) is 0 Å². The van der Waals surface area contributed by atoms with E-state index in [0.29, 0.717) is 32.2 Å². The second-order valence-corrected chi connectivity index (χ2v) is 6.49. The second-order valence-electron chi connectivity index (χ2n) is 6.49. The van der Waals surface area contributed by atoms with E-state index in [1.54, 1.807) is 13.1 Å². The first kappa shape index (κ1) is 21.3. The van der Waals surface area contributed by atoms with Gasteiger partial charge in [0.2, 0.25) is 0 Å². The van der Waals surface area contributed by atoms with Gasteiger partial charge in [0.15, 0.2) is 5.96 Å². The van der Waals surface area contributed by atoms with E-state index in [0.717, 1.165) is 11.3 Å². The largest absolute Gasteiger partial charge is 0.489 e. The molecule has 0 aliphatic carbocycles. The summed E-state index contributed by atoms with van der Waals surface area (Å²) >= 11 is 0. The number of amides is 1. The monoisotopic (exact) mass is 362 g/mol. The lowest BCUT2D eigenvalue weighted by Crippen LogP contribution is -2.42. The van der Waals surface area contributed by atoms with Gasteiger partial charge in [0.05, 0.1) is 0 Å². The number of rotatable bonds is 8. The highest BCUT2D eigenvalue weighted by Crippen LogP contribution is 2.17. The molecule has 0 fully saturated rings. The molecule has 0 saturated carbocycles. The zero-order valence-electron chi connectivity index (χ0n) is 16.1. The minimum Gasteiger partial charge on any atom is -0.489 e. The van der Waals surface area contributed by atoms with E-state index in [2.05, 4.69) is 27.5 Å². The number of alkyl carbamates (subject to hydrolysis) is 1.